The molecule has 2 rings (SSSR count). The minimum absolute atomic E-state index is 0.194. The molecule has 0 aliphatic carbocycles. The molecule has 96 valence electrons. The van der Waals surface area contributed by atoms with Gasteiger partial charge in [0.05, 0.1) is 5.56 Å². The number of ether oxygens (including phenoxy) is 1. The summed E-state index contributed by atoms with van der Waals surface area (Å²) >= 11 is 5.19. The number of nitrogens with zero attached hydrogens (tertiary/aromatic N) is 2. The first-order valence-corrected chi connectivity index (χ1v) is 6.07. The van der Waals surface area contributed by atoms with Gasteiger partial charge in [-0.1, -0.05) is 12.1 Å². The highest BCUT2D eigenvalue weighted by atomic mass is 32.1. The van der Waals surface area contributed by atoms with E-state index in [1.54, 1.807) is 19.2 Å². The lowest BCUT2D eigenvalue weighted by atomic mass is 10.2. The Labute approximate surface area is 110 Å². The molecule has 0 unspecified atom stereocenters. The second-order valence-corrected chi connectivity index (χ2v) is 4.25. The van der Waals surface area contributed by atoms with Crippen molar-refractivity contribution in [3.8, 4) is 17.1 Å². The first-order chi connectivity index (χ1) is 8.74. The van der Waals surface area contributed by atoms with Crippen LogP contribution in [0.15, 0.2) is 24.3 Å². The van der Waals surface area contributed by atoms with Crippen LogP contribution in [-0.2, 0) is 11.3 Å². The van der Waals surface area contributed by atoms with E-state index in [9.17, 15) is 5.11 Å². The van der Waals surface area contributed by atoms with Gasteiger partial charge in [-0.15, -0.1) is 0 Å². The summed E-state index contributed by atoms with van der Waals surface area (Å²) in [5.74, 6) is 0.841. The quantitative estimate of drug-likeness (QED) is 0.643. The molecule has 0 atom stereocenters. The summed E-state index contributed by atoms with van der Waals surface area (Å²) in [6.45, 7) is 1.36. The number of hydrogen-bond donors (Lipinski definition) is 2. The smallest absolute Gasteiger partial charge is 0.195 e. The van der Waals surface area contributed by atoms with Crippen LogP contribution in [-0.4, -0.2) is 33.6 Å². The van der Waals surface area contributed by atoms with Crippen molar-refractivity contribution in [1.29, 1.82) is 0 Å². The molecule has 1 aromatic carbocycles. The monoisotopic (exact) mass is 265 g/mol. The number of hydrogen-bond acceptors (Lipinski definition) is 4. The van der Waals surface area contributed by atoms with Gasteiger partial charge in [0.2, 0.25) is 0 Å². The number of phenols is 1. The number of phenolic OH excluding ortho intramolecular Hbond substituents is 1. The van der Waals surface area contributed by atoms with Gasteiger partial charge in [0.1, 0.15) is 5.75 Å². The Bertz CT molecular complexity index is 577. The fraction of sp³-hybridized carbons (Fsp3) is 0.333. The molecule has 2 aromatic rings. The van der Waals surface area contributed by atoms with Crippen LogP contribution in [0, 0.1) is 4.77 Å². The summed E-state index contributed by atoms with van der Waals surface area (Å²) in [6.07, 6.45) is 0.838. The van der Waals surface area contributed by atoms with Gasteiger partial charge in [-0.25, -0.2) is 0 Å². The van der Waals surface area contributed by atoms with Crippen molar-refractivity contribution in [3.05, 3.63) is 29.0 Å². The summed E-state index contributed by atoms with van der Waals surface area (Å²) in [4.78, 5) is 0. The van der Waals surface area contributed by atoms with E-state index in [4.69, 9.17) is 17.0 Å². The zero-order chi connectivity index (χ0) is 13.0. The first-order valence-electron chi connectivity index (χ1n) is 5.66. The second kappa shape index (κ2) is 5.79. The molecule has 0 saturated carbocycles. The summed E-state index contributed by atoms with van der Waals surface area (Å²) in [5.41, 5.74) is 0.669. The van der Waals surface area contributed by atoms with Crippen LogP contribution in [0.3, 0.4) is 0 Å². The fourth-order valence-electron chi connectivity index (χ4n) is 1.76. The van der Waals surface area contributed by atoms with Crippen molar-refractivity contribution in [2.24, 2.45) is 0 Å². The molecule has 18 heavy (non-hydrogen) atoms. The topological polar surface area (TPSA) is 63.1 Å². The highest BCUT2D eigenvalue weighted by molar-refractivity contribution is 7.71. The molecule has 1 aromatic heterocycles. The van der Waals surface area contributed by atoms with Gasteiger partial charge in [0, 0.05) is 20.3 Å². The molecule has 0 aliphatic rings. The minimum Gasteiger partial charge on any atom is -0.507 e. The molecule has 0 spiro atoms. The number of aromatic amines is 1. The molecule has 0 aliphatic heterocycles. The number of methoxy groups -OCH3 is 1. The van der Waals surface area contributed by atoms with Crippen LogP contribution in [0.5, 0.6) is 5.75 Å². The largest absolute Gasteiger partial charge is 0.507 e. The molecule has 6 heteroatoms. The number of benzene rings is 1. The molecular weight excluding hydrogens is 250 g/mol. The van der Waals surface area contributed by atoms with Gasteiger partial charge >= 0.3 is 0 Å². The minimum atomic E-state index is 0.194. The lowest BCUT2D eigenvalue weighted by molar-refractivity contribution is 0.190. The third-order valence-electron chi connectivity index (χ3n) is 2.63. The van der Waals surface area contributed by atoms with E-state index in [1.165, 1.54) is 0 Å². The highest BCUT2D eigenvalue weighted by Gasteiger charge is 2.11. The molecule has 0 amide bonds. The van der Waals surface area contributed by atoms with E-state index in [-0.39, 0.29) is 5.75 Å². The molecule has 0 fully saturated rings. The predicted octanol–water partition coefficient (Wildman–Crippen LogP) is 2.35. The van der Waals surface area contributed by atoms with Crippen LogP contribution >= 0.6 is 12.2 Å². The molecule has 1 heterocycles. The maximum atomic E-state index is 9.84. The van der Waals surface area contributed by atoms with Gasteiger partial charge in [-0.05, 0) is 30.8 Å². The zero-order valence-corrected chi connectivity index (χ0v) is 10.9. The van der Waals surface area contributed by atoms with E-state index >= 15 is 0 Å². The number of para-hydroxylation sites is 1. The Hall–Kier alpha value is -1.66. The summed E-state index contributed by atoms with van der Waals surface area (Å²) < 4.78 is 7.43. The predicted molar refractivity (Wildman–Crippen MR) is 71.0 cm³/mol. The van der Waals surface area contributed by atoms with Crippen molar-refractivity contribution in [3.63, 3.8) is 0 Å². The molecule has 0 saturated heterocycles. The van der Waals surface area contributed by atoms with Crippen molar-refractivity contribution in [2.45, 2.75) is 13.0 Å². The Morgan fingerprint density at radius 2 is 2.22 bits per heavy atom. The van der Waals surface area contributed by atoms with Gasteiger partial charge < -0.3 is 9.84 Å². The second-order valence-electron chi connectivity index (χ2n) is 3.87. The van der Waals surface area contributed by atoms with Crippen LogP contribution in [0.25, 0.3) is 11.4 Å². The van der Waals surface area contributed by atoms with E-state index in [0.717, 1.165) is 6.42 Å². The Morgan fingerprint density at radius 1 is 1.44 bits per heavy atom. The fourth-order valence-corrected chi connectivity index (χ4v) is 1.98. The molecule has 2 N–H and O–H groups in total. The normalized spacial score (nSPS) is 10.7. The van der Waals surface area contributed by atoms with Crippen molar-refractivity contribution in [1.82, 2.24) is 14.8 Å². The third kappa shape index (κ3) is 2.60. The summed E-state index contributed by atoms with van der Waals surface area (Å²) in [6, 6.07) is 7.07. The van der Waals surface area contributed by atoms with Crippen molar-refractivity contribution >= 4 is 12.2 Å². The Balaban J connectivity index is 2.34. The van der Waals surface area contributed by atoms with E-state index in [1.807, 2.05) is 16.7 Å². The zero-order valence-electron chi connectivity index (χ0n) is 10.1. The molecule has 0 radical (unpaired) electrons. The van der Waals surface area contributed by atoms with Crippen LogP contribution in [0.1, 0.15) is 6.42 Å². The number of H-pyrrole nitrogens is 1. The third-order valence-corrected chi connectivity index (χ3v) is 2.95. The van der Waals surface area contributed by atoms with Gasteiger partial charge in [-0.2, -0.15) is 5.10 Å². The molecule has 5 nitrogen and oxygen atoms in total. The number of rotatable bonds is 5. The average molecular weight is 265 g/mol. The molecule has 0 bridgehead atoms. The van der Waals surface area contributed by atoms with Gasteiger partial charge in [0.15, 0.2) is 10.6 Å². The maximum Gasteiger partial charge on any atom is 0.195 e. The van der Waals surface area contributed by atoms with E-state index in [2.05, 4.69) is 10.2 Å². The summed E-state index contributed by atoms with van der Waals surface area (Å²) in [7, 11) is 1.67. The van der Waals surface area contributed by atoms with Crippen LogP contribution in [0.4, 0.5) is 0 Å². The number of aromatic hydroxyl groups is 1. The highest BCUT2D eigenvalue weighted by Crippen LogP contribution is 2.27. The SMILES string of the molecule is COCCCn1c(-c2ccccc2O)n[nH]c1=S. The number of aromatic nitrogens is 3. The van der Waals surface area contributed by atoms with Crippen LogP contribution < -0.4 is 0 Å². The number of nitrogens with one attached hydrogen (secondary N) is 1. The van der Waals surface area contributed by atoms with E-state index < -0.39 is 0 Å². The average Bonchev–Trinajstić information content (AvgIpc) is 2.72. The lowest BCUT2D eigenvalue weighted by Gasteiger charge is -2.07. The van der Waals surface area contributed by atoms with Gasteiger partial charge in [0.25, 0.3) is 0 Å². The standard InChI is InChI=1S/C12H15N3O2S/c1-17-8-4-7-15-11(13-14-12(15)18)9-5-2-3-6-10(9)16/h2-3,5-6,16H,4,7-8H2,1H3,(H,14,18). The van der Waals surface area contributed by atoms with Crippen LogP contribution in [0.2, 0.25) is 0 Å². The lowest BCUT2D eigenvalue weighted by Crippen LogP contribution is -2.03. The molecular formula is C12H15N3O2S. The Morgan fingerprint density at radius 3 is 2.94 bits per heavy atom. The Kier molecular flexibility index (Phi) is 4.11. The van der Waals surface area contributed by atoms with E-state index in [0.29, 0.717) is 29.3 Å². The van der Waals surface area contributed by atoms with Crippen molar-refractivity contribution in [2.75, 3.05) is 13.7 Å². The van der Waals surface area contributed by atoms with Gasteiger partial charge in [-0.3, -0.25) is 9.67 Å². The summed E-state index contributed by atoms with van der Waals surface area (Å²) in [5, 5.41) is 16.8. The maximum absolute atomic E-state index is 9.84. The van der Waals surface area contributed by atoms with Crippen molar-refractivity contribution < 1.29 is 9.84 Å². The first kappa shape index (κ1) is 12.8.